The number of carbonyl (C=O) groups excluding carboxylic acids is 1. The Morgan fingerprint density at radius 1 is 1.21 bits per heavy atom. The number of carbonyl (C=O) groups is 1. The summed E-state index contributed by atoms with van der Waals surface area (Å²) in [6.07, 6.45) is 0. The van der Waals surface area contributed by atoms with E-state index in [1.165, 1.54) is 5.46 Å². The first-order chi connectivity index (χ1) is 14.1. The molecule has 2 aromatic rings. The van der Waals surface area contributed by atoms with Crippen LogP contribution in [0, 0.1) is 6.57 Å². The lowest BCUT2D eigenvalue weighted by atomic mass is 9.64. The predicted octanol–water partition coefficient (Wildman–Crippen LogP) is 2.63. The van der Waals surface area contributed by atoms with Crippen molar-refractivity contribution in [1.29, 1.82) is 0 Å². The van der Waals surface area contributed by atoms with E-state index in [1.807, 2.05) is 25.0 Å². The third kappa shape index (κ3) is 4.37. The first kappa shape index (κ1) is 19.3. The lowest BCUT2D eigenvalue weighted by Crippen LogP contribution is -2.42. The summed E-state index contributed by atoms with van der Waals surface area (Å²) in [5.41, 5.74) is 2.62. The maximum Gasteiger partial charge on any atom is 0.324 e. The van der Waals surface area contributed by atoms with Crippen molar-refractivity contribution in [1.82, 2.24) is 4.90 Å². The first-order valence-corrected chi connectivity index (χ1v) is 9.56. The van der Waals surface area contributed by atoms with Gasteiger partial charge in [-0.25, -0.2) is 4.85 Å². The molecule has 0 spiro atoms. The fourth-order valence-electron chi connectivity index (χ4n) is 3.42. The van der Waals surface area contributed by atoms with Crippen LogP contribution in [-0.2, 0) is 20.8 Å². The van der Waals surface area contributed by atoms with E-state index in [0.717, 1.165) is 5.56 Å². The van der Waals surface area contributed by atoms with Crippen LogP contribution >= 0.6 is 0 Å². The molecular weight excluding hydrogens is 371 g/mol. The summed E-state index contributed by atoms with van der Waals surface area (Å²) in [6, 6.07) is 10.9. The molecule has 29 heavy (non-hydrogen) atoms. The monoisotopic (exact) mass is 392 g/mol. The molecule has 4 rings (SSSR count). The highest BCUT2D eigenvalue weighted by Gasteiger charge is 2.23. The summed E-state index contributed by atoms with van der Waals surface area (Å²) in [7, 11) is 0. The molecule has 148 valence electrons. The molecule has 0 aliphatic carbocycles. The minimum atomic E-state index is -0.125. The minimum absolute atomic E-state index is 0.0982. The summed E-state index contributed by atoms with van der Waals surface area (Å²) in [5.74, 6) is 1.44. The number of nitrogens with zero attached hydrogens (tertiary/aromatic N) is 2. The van der Waals surface area contributed by atoms with Gasteiger partial charge in [-0.15, -0.1) is 0 Å². The van der Waals surface area contributed by atoms with Crippen molar-refractivity contribution >= 4 is 24.0 Å². The van der Waals surface area contributed by atoms with E-state index >= 15 is 0 Å². The number of amides is 1. The van der Waals surface area contributed by atoms with E-state index in [0.29, 0.717) is 55.8 Å². The third-order valence-corrected chi connectivity index (χ3v) is 5.04. The molecule has 0 atom stereocenters. The molecule has 0 bridgehead atoms. The number of hydrogen-bond acceptors (Lipinski definition) is 5. The predicted molar refractivity (Wildman–Crippen MR) is 108 cm³/mol. The van der Waals surface area contributed by atoms with Crippen molar-refractivity contribution in [3.05, 3.63) is 53.4 Å². The molecular formula is C21H21BN2O5. The number of fused-ring (bicyclic) bond motifs is 1. The number of hydrogen-bond donors (Lipinski definition) is 0. The Morgan fingerprint density at radius 3 is 2.76 bits per heavy atom. The van der Waals surface area contributed by atoms with E-state index in [-0.39, 0.29) is 19.4 Å². The van der Waals surface area contributed by atoms with Gasteiger partial charge in [0.1, 0.15) is 17.2 Å². The van der Waals surface area contributed by atoms with Crippen LogP contribution in [0.5, 0.6) is 17.2 Å². The van der Waals surface area contributed by atoms with Crippen LogP contribution in [0.25, 0.3) is 4.85 Å². The van der Waals surface area contributed by atoms with Crippen LogP contribution < -0.4 is 14.9 Å². The highest BCUT2D eigenvalue weighted by atomic mass is 16.5. The molecule has 2 aromatic carbocycles. The van der Waals surface area contributed by atoms with Gasteiger partial charge in [-0.1, -0.05) is 12.9 Å². The van der Waals surface area contributed by atoms with Gasteiger partial charge in [0.15, 0.2) is 6.61 Å². The van der Waals surface area contributed by atoms with Gasteiger partial charge in [-0.3, -0.25) is 4.79 Å². The Kier molecular flexibility index (Phi) is 5.70. The second-order valence-corrected chi connectivity index (χ2v) is 6.94. The zero-order valence-electron chi connectivity index (χ0n) is 16.2. The van der Waals surface area contributed by atoms with Gasteiger partial charge in [0.05, 0.1) is 26.4 Å². The van der Waals surface area contributed by atoms with Gasteiger partial charge in [-0.05, 0) is 35.3 Å². The van der Waals surface area contributed by atoms with Crippen molar-refractivity contribution in [2.45, 2.75) is 13.4 Å². The molecule has 0 aromatic heterocycles. The van der Waals surface area contributed by atoms with Crippen LogP contribution in [0.2, 0.25) is 6.82 Å². The lowest BCUT2D eigenvalue weighted by molar-refractivity contribution is -0.137. The highest BCUT2D eigenvalue weighted by molar-refractivity contribution is 6.67. The van der Waals surface area contributed by atoms with Crippen molar-refractivity contribution in [2.75, 3.05) is 32.9 Å². The van der Waals surface area contributed by atoms with Crippen LogP contribution in [0.3, 0.4) is 0 Å². The summed E-state index contributed by atoms with van der Waals surface area (Å²) >= 11 is 0. The fourth-order valence-corrected chi connectivity index (χ4v) is 3.42. The van der Waals surface area contributed by atoms with Crippen LogP contribution in [0.4, 0.5) is 5.69 Å². The van der Waals surface area contributed by atoms with Gasteiger partial charge in [-0.2, -0.15) is 0 Å². The van der Waals surface area contributed by atoms with E-state index in [9.17, 15) is 4.79 Å². The Morgan fingerprint density at radius 2 is 1.97 bits per heavy atom. The molecule has 0 N–H and O–H groups in total. The fraction of sp³-hybridized carbons (Fsp3) is 0.333. The maximum atomic E-state index is 12.3. The van der Waals surface area contributed by atoms with Gasteiger partial charge in [0, 0.05) is 19.2 Å². The normalized spacial score (nSPS) is 15.6. The Balaban J connectivity index is 1.45. The second-order valence-electron chi connectivity index (χ2n) is 6.94. The first-order valence-electron chi connectivity index (χ1n) is 9.56. The standard InChI is InChI=1S/C21H21BN2O5/c1-22-18-5-3-16(11-15(18)13-28-22)29-17-4-6-19(23-2)20(12-17)27-14-21(25)24-7-9-26-10-8-24/h3-6,11-12H,7-10,13-14H2,1H3. The third-order valence-electron chi connectivity index (χ3n) is 5.04. The molecule has 2 aliphatic heterocycles. The van der Waals surface area contributed by atoms with E-state index in [4.69, 9.17) is 25.4 Å². The summed E-state index contributed by atoms with van der Waals surface area (Å²) in [4.78, 5) is 17.5. The largest absolute Gasteiger partial charge is 0.495 e. The van der Waals surface area contributed by atoms with Gasteiger partial charge in [0.2, 0.25) is 5.69 Å². The van der Waals surface area contributed by atoms with Crippen molar-refractivity contribution < 1.29 is 23.7 Å². The molecule has 0 unspecified atom stereocenters. The van der Waals surface area contributed by atoms with Crippen molar-refractivity contribution in [3.63, 3.8) is 0 Å². The molecule has 1 amide bonds. The van der Waals surface area contributed by atoms with Crippen LogP contribution in [0.1, 0.15) is 5.56 Å². The highest BCUT2D eigenvalue weighted by Crippen LogP contribution is 2.34. The Labute approximate surface area is 170 Å². The van der Waals surface area contributed by atoms with E-state index in [2.05, 4.69) is 4.85 Å². The zero-order chi connectivity index (χ0) is 20.2. The average Bonchev–Trinajstić information content (AvgIpc) is 3.13. The molecule has 0 radical (unpaired) electrons. The molecule has 7 nitrogen and oxygen atoms in total. The molecule has 2 heterocycles. The van der Waals surface area contributed by atoms with Crippen LogP contribution in [0.15, 0.2) is 36.4 Å². The summed E-state index contributed by atoms with van der Waals surface area (Å²) in [5, 5.41) is 0. The SMILES string of the molecule is [C-]#[N+]c1ccc(Oc2ccc3c(c2)COB3C)cc1OCC(=O)N1CCOCC1. The number of morpholine rings is 1. The summed E-state index contributed by atoms with van der Waals surface area (Å²) < 4.78 is 22.5. The van der Waals surface area contributed by atoms with Crippen molar-refractivity contribution in [2.24, 2.45) is 0 Å². The zero-order valence-corrected chi connectivity index (χ0v) is 16.2. The molecule has 1 fully saturated rings. The number of rotatable bonds is 5. The smallest absolute Gasteiger partial charge is 0.324 e. The van der Waals surface area contributed by atoms with E-state index in [1.54, 1.807) is 23.1 Å². The van der Waals surface area contributed by atoms with Gasteiger partial charge >= 0.3 is 6.92 Å². The lowest BCUT2D eigenvalue weighted by Gasteiger charge is -2.26. The van der Waals surface area contributed by atoms with Crippen LogP contribution in [-0.4, -0.2) is 50.6 Å². The maximum absolute atomic E-state index is 12.3. The molecule has 2 aliphatic rings. The number of ether oxygens (including phenoxy) is 3. The molecule has 0 saturated carbocycles. The van der Waals surface area contributed by atoms with E-state index < -0.39 is 0 Å². The molecule has 8 heteroatoms. The minimum Gasteiger partial charge on any atom is -0.495 e. The second kappa shape index (κ2) is 8.56. The molecule has 1 saturated heterocycles. The number of benzene rings is 2. The van der Waals surface area contributed by atoms with Gasteiger partial charge < -0.3 is 23.8 Å². The Hall–Kier alpha value is -3.02. The summed E-state index contributed by atoms with van der Waals surface area (Å²) in [6.45, 7) is 12.1. The van der Waals surface area contributed by atoms with Gasteiger partial charge in [0.25, 0.3) is 5.91 Å². The Bertz CT molecular complexity index is 953. The topological polar surface area (TPSA) is 61.6 Å². The van der Waals surface area contributed by atoms with Crippen molar-refractivity contribution in [3.8, 4) is 17.2 Å². The quantitative estimate of drug-likeness (QED) is 0.579. The average molecular weight is 392 g/mol.